The van der Waals surface area contributed by atoms with Crippen LogP contribution in [0.25, 0.3) is 0 Å². The van der Waals surface area contributed by atoms with E-state index >= 15 is 0 Å². The largest absolute Gasteiger partial charge is 0.416 e. The second-order valence-corrected chi connectivity index (χ2v) is 5.77. The van der Waals surface area contributed by atoms with E-state index in [1.807, 2.05) is 0 Å². The van der Waals surface area contributed by atoms with Crippen LogP contribution in [0, 0.1) is 0 Å². The molecular formula is C15H22BrF3N2. The molecule has 1 N–H and O–H groups in total. The topological polar surface area (TPSA) is 15.3 Å². The minimum Gasteiger partial charge on any atom is -0.313 e. The van der Waals surface area contributed by atoms with Crippen LogP contribution in [0.15, 0.2) is 22.7 Å². The number of hydrogen-bond donors (Lipinski definition) is 1. The van der Waals surface area contributed by atoms with Gasteiger partial charge < -0.3 is 10.2 Å². The van der Waals surface area contributed by atoms with Gasteiger partial charge in [0.25, 0.3) is 0 Å². The van der Waals surface area contributed by atoms with Crippen LogP contribution in [0.1, 0.15) is 31.4 Å². The Kier molecular flexibility index (Phi) is 7.70. The van der Waals surface area contributed by atoms with Crippen LogP contribution in [0.3, 0.4) is 0 Å². The number of benzene rings is 1. The summed E-state index contributed by atoms with van der Waals surface area (Å²) in [5.74, 6) is 0. The van der Waals surface area contributed by atoms with Crippen molar-refractivity contribution in [1.82, 2.24) is 10.2 Å². The zero-order valence-corrected chi connectivity index (χ0v) is 14.0. The summed E-state index contributed by atoms with van der Waals surface area (Å²) in [7, 11) is 0. The summed E-state index contributed by atoms with van der Waals surface area (Å²) in [4.78, 5) is 2.29. The van der Waals surface area contributed by atoms with Crippen molar-refractivity contribution < 1.29 is 13.2 Å². The molecule has 0 radical (unpaired) electrons. The van der Waals surface area contributed by atoms with Gasteiger partial charge in [-0.05, 0) is 50.3 Å². The van der Waals surface area contributed by atoms with E-state index in [1.54, 1.807) is 6.07 Å². The maximum Gasteiger partial charge on any atom is 0.416 e. The smallest absolute Gasteiger partial charge is 0.313 e. The molecule has 0 aliphatic carbocycles. The zero-order valence-electron chi connectivity index (χ0n) is 12.4. The molecule has 0 bridgehead atoms. The van der Waals surface area contributed by atoms with Gasteiger partial charge in [-0.3, -0.25) is 0 Å². The van der Waals surface area contributed by atoms with E-state index in [1.165, 1.54) is 6.07 Å². The summed E-state index contributed by atoms with van der Waals surface area (Å²) in [5.41, 5.74) is -0.290. The van der Waals surface area contributed by atoms with Crippen LogP contribution in [0.2, 0.25) is 0 Å². The van der Waals surface area contributed by atoms with Crippen molar-refractivity contribution in [2.45, 2.75) is 33.0 Å². The van der Waals surface area contributed by atoms with E-state index < -0.39 is 11.7 Å². The first-order chi connectivity index (χ1) is 9.88. The molecular weight excluding hydrogens is 345 g/mol. The van der Waals surface area contributed by atoms with Gasteiger partial charge in [0.1, 0.15) is 0 Å². The number of hydrogen-bond acceptors (Lipinski definition) is 2. The summed E-state index contributed by atoms with van der Waals surface area (Å²) in [5, 5.41) is 3.10. The van der Waals surface area contributed by atoms with Gasteiger partial charge >= 0.3 is 6.18 Å². The molecule has 0 aliphatic heterocycles. The van der Waals surface area contributed by atoms with Gasteiger partial charge in [0, 0.05) is 11.0 Å². The summed E-state index contributed by atoms with van der Waals surface area (Å²) in [6.07, 6.45) is -3.39. The number of nitrogens with zero attached hydrogens (tertiary/aromatic N) is 1. The lowest BCUT2D eigenvalue weighted by atomic mass is 10.1. The van der Waals surface area contributed by atoms with E-state index in [0.29, 0.717) is 11.0 Å². The summed E-state index contributed by atoms with van der Waals surface area (Å²) in [6, 6.07) is 4.29. The lowest BCUT2D eigenvalue weighted by molar-refractivity contribution is -0.138. The molecule has 0 fully saturated rings. The van der Waals surface area contributed by atoms with Gasteiger partial charge in [-0.15, -0.1) is 0 Å². The monoisotopic (exact) mass is 366 g/mol. The molecule has 120 valence electrons. The fraction of sp³-hybridized carbons (Fsp3) is 0.600. The highest BCUT2D eigenvalue weighted by Crippen LogP contribution is 2.33. The lowest BCUT2D eigenvalue weighted by Crippen LogP contribution is -2.27. The molecule has 0 saturated carbocycles. The van der Waals surface area contributed by atoms with Crippen molar-refractivity contribution in [3.63, 3.8) is 0 Å². The van der Waals surface area contributed by atoms with Gasteiger partial charge in [-0.25, -0.2) is 0 Å². The highest BCUT2D eigenvalue weighted by Gasteiger charge is 2.33. The highest BCUT2D eigenvalue weighted by atomic mass is 79.9. The normalized spacial score (nSPS) is 12.1. The van der Waals surface area contributed by atoms with E-state index in [4.69, 9.17) is 0 Å². The van der Waals surface area contributed by atoms with Crippen LogP contribution in [0.4, 0.5) is 13.2 Å². The van der Waals surface area contributed by atoms with Crippen molar-refractivity contribution in [2.24, 2.45) is 0 Å². The van der Waals surface area contributed by atoms with Crippen molar-refractivity contribution in [3.8, 4) is 0 Å². The first-order valence-electron chi connectivity index (χ1n) is 7.17. The van der Waals surface area contributed by atoms with Crippen molar-refractivity contribution >= 4 is 15.9 Å². The Morgan fingerprint density at radius 3 is 2.43 bits per heavy atom. The predicted octanol–water partition coefficient (Wildman–Crippen LogP) is 4.29. The Labute approximate surface area is 132 Å². The first kappa shape index (κ1) is 18.5. The second-order valence-electron chi connectivity index (χ2n) is 4.86. The van der Waals surface area contributed by atoms with Gasteiger partial charge in [0.2, 0.25) is 0 Å². The molecule has 1 aromatic carbocycles. The van der Waals surface area contributed by atoms with E-state index in [0.717, 1.165) is 32.1 Å². The average Bonchev–Trinajstić information content (AvgIpc) is 2.43. The lowest BCUT2D eigenvalue weighted by Gasteiger charge is -2.18. The quantitative estimate of drug-likeness (QED) is 0.690. The van der Waals surface area contributed by atoms with Gasteiger partial charge in [0.05, 0.1) is 5.56 Å². The standard InChI is InChI=1S/C15H22BrF3N2/c1-3-21(4-2)9-5-8-20-11-12-6-7-13(16)10-14(12)15(17,18)19/h6-7,10,20H,3-5,8-9,11H2,1-2H3. The maximum atomic E-state index is 12.9. The Bertz CT molecular complexity index is 431. The molecule has 0 spiro atoms. The predicted molar refractivity (Wildman–Crippen MR) is 83.3 cm³/mol. The number of nitrogens with one attached hydrogen (secondary N) is 1. The Morgan fingerprint density at radius 1 is 1.19 bits per heavy atom. The van der Waals surface area contributed by atoms with Gasteiger partial charge in [-0.2, -0.15) is 13.2 Å². The third kappa shape index (κ3) is 6.36. The Balaban J connectivity index is 2.49. The minimum atomic E-state index is -4.32. The molecule has 21 heavy (non-hydrogen) atoms. The fourth-order valence-corrected chi connectivity index (χ4v) is 2.52. The van der Waals surface area contributed by atoms with Crippen molar-refractivity contribution in [3.05, 3.63) is 33.8 Å². The molecule has 0 heterocycles. The third-order valence-electron chi connectivity index (χ3n) is 3.42. The Hall–Kier alpha value is -0.590. The molecule has 2 nitrogen and oxygen atoms in total. The van der Waals surface area contributed by atoms with Crippen LogP contribution < -0.4 is 5.32 Å². The van der Waals surface area contributed by atoms with Crippen LogP contribution in [0.5, 0.6) is 0 Å². The average molecular weight is 367 g/mol. The molecule has 0 unspecified atom stereocenters. The number of halogens is 4. The number of alkyl halides is 3. The van der Waals surface area contributed by atoms with E-state index in [9.17, 15) is 13.2 Å². The van der Waals surface area contributed by atoms with Crippen molar-refractivity contribution in [2.75, 3.05) is 26.2 Å². The van der Waals surface area contributed by atoms with Crippen molar-refractivity contribution in [1.29, 1.82) is 0 Å². The Morgan fingerprint density at radius 2 is 1.86 bits per heavy atom. The van der Waals surface area contributed by atoms with Crippen LogP contribution >= 0.6 is 15.9 Å². The molecule has 0 aromatic heterocycles. The molecule has 0 saturated heterocycles. The van der Waals surface area contributed by atoms with E-state index in [-0.39, 0.29) is 12.1 Å². The molecule has 0 aliphatic rings. The molecule has 6 heteroatoms. The second kappa shape index (κ2) is 8.76. The maximum absolute atomic E-state index is 12.9. The van der Waals surface area contributed by atoms with Crippen LogP contribution in [-0.4, -0.2) is 31.1 Å². The molecule has 0 amide bonds. The molecule has 0 atom stereocenters. The van der Waals surface area contributed by atoms with E-state index in [2.05, 4.69) is 40.0 Å². The summed E-state index contributed by atoms with van der Waals surface area (Å²) < 4.78 is 39.3. The molecule has 1 rings (SSSR count). The SMILES string of the molecule is CCN(CC)CCCNCc1ccc(Br)cc1C(F)(F)F. The summed E-state index contributed by atoms with van der Waals surface area (Å²) in [6.45, 7) is 8.13. The molecule has 1 aromatic rings. The third-order valence-corrected chi connectivity index (χ3v) is 3.91. The fourth-order valence-electron chi connectivity index (χ4n) is 2.16. The van der Waals surface area contributed by atoms with Gasteiger partial charge in [-0.1, -0.05) is 35.8 Å². The zero-order chi connectivity index (χ0) is 15.9. The summed E-state index contributed by atoms with van der Waals surface area (Å²) >= 11 is 3.09. The van der Waals surface area contributed by atoms with Gasteiger partial charge in [0.15, 0.2) is 0 Å². The number of rotatable bonds is 8. The minimum absolute atomic E-state index is 0.236. The highest BCUT2D eigenvalue weighted by molar-refractivity contribution is 9.10. The van der Waals surface area contributed by atoms with Crippen LogP contribution in [-0.2, 0) is 12.7 Å². The first-order valence-corrected chi connectivity index (χ1v) is 7.96.